The topological polar surface area (TPSA) is 69.0 Å². The zero-order valence-electron chi connectivity index (χ0n) is 11.7. The number of alkyl halides is 3. The lowest BCUT2D eigenvalue weighted by molar-refractivity contribution is -0.141. The van der Waals surface area contributed by atoms with Crippen LogP contribution in [0, 0.1) is 11.3 Å². The summed E-state index contributed by atoms with van der Waals surface area (Å²) in [5, 5.41) is 11.5. The minimum absolute atomic E-state index is 0.0196. The molecule has 1 heterocycles. The van der Waals surface area contributed by atoms with E-state index in [0.29, 0.717) is 6.54 Å². The first-order chi connectivity index (χ1) is 9.79. The van der Waals surface area contributed by atoms with E-state index in [1.165, 1.54) is 11.9 Å². The van der Waals surface area contributed by atoms with Crippen molar-refractivity contribution >= 4 is 11.7 Å². The number of hydrogen-bond donors (Lipinski definition) is 1. The molecule has 0 aliphatic rings. The molecule has 1 N–H and O–H groups in total. The third-order valence-electron chi connectivity index (χ3n) is 2.60. The Labute approximate surface area is 120 Å². The molecule has 1 rings (SSSR count). The van der Waals surface area contributed by atoms with Gasteiger partial charge in [-0.1, -0.05) is 6.92 Å². The second-order valence-electron chi connectivity index (χ2n) is 4.38. The zero-order chi connectivity index (χ0) is 16.0. The fourth-order valence-corrected chi connectivity index (χ4v) is 1.60. The first kappa shape index (κ1) is 16.8. The molecule has 0 bridgehead atoms. The number of aromatic nitrogens is 1. The van der Waals surface area contributed by atoms with Crippen LogP contribution in [0.3, 0.4) is 0 Å². The van der Waals surface area contributed by atoms with Crippen LogP contribution in [0.1, 0.15) is 24.6 Å². The van der Waals surface area contributed by atoms with Crippen molar-refractivity contribution in [3.63, 3.8) is 0 Å². The van der Waals surface area contributed by atoms with Gasteiger partial charge in [0.15, 0.2) is 0 Å². The van der Waals surface area contributed by atoms with Gasteiger partial charge >= 0.3 is 6.18 Å². The van der Waals surface area contributed by atoms with Crippen molar-refractivity contribution in [3.05, 3.63) is 23.4 Å². The summed E-state index contributed by atoms with van der Waals surface area (Å²) in [5.74, 6) is -0.513. The Hall–Kier alpha value is -2.30. The van der Waals surface area contributed by atoms with Crippen LogP contribution in [0.25, 0.3) is 0 Å². The lowest BCUT2D eigenvalue weighted by atomic mass is 10.2. The highest BCUT2D eigenvalue weighted by Crippen LogP contribution is 2.30. The summed E-state index contributed by atoms with van der Waals surface area (Å²) in [6.45, 7) is 2.18. The van der Waals surface area contributed by atoms with E-state index in [1.54, 1.807) is 6.07 Å². The highest BCUT2D eigenvalue weighted by atomic mass is 19.4. The van der Waals surface area contributed by atoms with E-state index in [2.05, 4.69) is 10.3 Å². The number of nitriles is 1. The maximum atomic E-state index is 12.7. The molecule has 21 heavy (non-hydrogen) atoms. The third-order valence-corrected chi connectivity index (χ3v) is 2.60. The van der Waals surface area contributed by atoms with Crippen molar-refractivity contribution < 1.29 is 18.0 Å². The third kappa shape index (κ3) is 4.63. The summed E-state index contributed by atoms with van der Waals surface area (Å²) in [6, 6.07) is 3.56. The minimum Gasteiger partial charge on any atom is -0.355 e. The second-order valence-corrected chi connectivity index (χ2v) is 4.38. The van der Waals surface area contributed by atoms with Gasteiger partial charge in [0.05, 0.1) is 12.1 Å². The first-order valence-electron chi connectivity index (χ1n) is 6.25. The van der Waals surface area contributed by atoms with E-state index >= 15 is 0 Å². The molecule has 0 atom stereocenters. The SMILES string of the molecule is CCCNC(=O)CN(C)c1nc(C(F)(F)F)ccc1C#N. The van der Waals surface area contributed by atoms with E-state index in [4.69, 9.17) is 5.26 Å². The Morgan fingerprint density at radius 1 is 1.48 bits per heavy atom. The predicted octanol–water partition coefficient (Wildman–Crippen LogP) is 1.93. The van der Waals surface area contributed by atoms with E-state index in [9.17, 15) is 18.0 Å². The van der Waals surface area contributed by atoms with Gasteiger partial charge in [0.2, 0.25) is 5.91 Å². The quantitative estimate of drug-likeness (QED) is 0.902. The highest BCUT2D eigenvalue weighted by molar-refractivity contribution is 5.81. The molecule has 0 fully saturated rings. The molecule has 8 heteroatoms. The smallest absolute Gasteiger partial charge is 0.355 e. The molecule has 114 valence electrons. The van der Waals surface area contributed by atoms with E-state index in [1.807, 2.05) is 6.92 Å². The number of anilines is 1. The summed E-state index contributed by atoms with van der Waals surface area (Å²) in [4.78, 5) is 16.2. The number of nitrogens with one attached hydrogen (secondary N) is 1. The van der Waals surface area contributed by atoms with E-state index in [-0.39, 0.29) is 23.8 Å². The highest BCUT2D eigenvalue weighted by Gasteiger charge is 2.33. The first-order valence-corrected chi connectivity index (χ1v) is 6.25. The molecule has 0 radical (unpaired) electrons. The normalized spacial score (nSPS) is 10.9. The van der Waals surface area contributed by atoms with Crippen molar-refractivity contribution in [1.29, 1.82) is 5.26 Å². The molecule has 1 amide bonds. The number of carbonyl (C=O) groups is 1. The zero-order valence-corrected chi connectivity index (χ0v) is 11.7. The van der Waals surface area contributed by atoms with Gasteiger partial charge < -0.3 is 10.2 Å². The van der Waals surface area contributed by atoms with Gasteiger partial charge in [0.1, 0.15) is 17.6 Å². The molecule has 0 aliphatic heterocycles. The molecule has 5 nitrogen and oxygen atoms in total. The van der Waals surface area contributed by atoms with Crippen LogP contribution in [0.2, 0.25) is 0 Å². The molecule has 0 spiro atoms. The molecule has 1 aromatic rings. The van der Waals surface area contributed by atoms with Gasteiger partial charge in [-0.15, -0.1) is 0 Å². The summed E-state index contributed by atoms with van der Waals surface area (Å²) < 4.78 is 38.0. The van der Waals surface area contributed by atoms with Crippen LogP contribution in [-0.2, 0) is 11.0 Å². The van der Waals surface area contributed by atoms with Crippen LogP contribution in [0.5, 0.6) is 0 Å². The number of hydrogen-bond acceptors (Lipinski definition) is 4. The van der Waals surface area contributed by atoms with Crippen LogP contribution in [-0.4, -0.2) is 31.0 Å². The molecular formula is C13H15F3N4O. The van der Waals surface area contributed by atoms with Crippen molar-refractivity contribution in [1.82, 2.24) is 10.3 Å². The summed E-state index contributed by atoms with van der Waals surface area (Å²) in [7, 11) is 1.41. The predicted molar refractivity (Wildman–Crippen MR) is 70.5 cm³/mol. The number of halogens is 3. The summed E-state index contributed by atoms with van der Waals surface area (Å²) in [6.07, 6.45) is -3.85. The Bertz CT molecular complexity index is 551. The van der Waals surface area contributed by atoms with Crippen LogP contribution in [0.4, 0.5) is 19.0 Å². The maximum Gasteiger partial charge on any atom is 0.433 e. The van der Waals surface area contributed by atoms with Gasteiger partial charge in [-0.2, -0.15) is 18.4 Å². The van der Waals surface area contributed by atoms with Crippen molar-refractivity contribution in [2.75, 3.05) is 25.0 Å². The molecule has 0 aliphatic carbocycles. The van der Waals surface area contributed by atoms with Crippen LogP contribution >= 0.6 is 0 Å². The Balaban J connectivity index is 2.99. The van der Waals surface area contributed by atoms with Crippen molar-refractivity contribution in [2.24, 2.45) is 0 Å². The summed E-state index contributed by atoms with van der Waals surface area (Å²) in [5.41, 5.74) is -1.12. The van der Waals surface area contributed by atoms with Gasteiger partial charge in [-0.25, -0.2) is 4.98 Å². The Morgan fingerprint density at radius 3 is 2.67 bits per heavy atom. The monoisotopic (exact) mass is 300 g/mol. The molecular weight excluding hydrogens is 285 g/mol. The van der Waals surface area contributed by atoms with E-state index in [0.717, 1.165) is 18.6 Å². The minimum atomic E-state index is -4.60. The fourth-order valence-electron chi connectivity index (χ4n) is 1.60. The molecule has 0 saturated heterocycles. The number of likely N-dealkylation sites (N-methyl/N-ethyl adjacent to an activating group) is 1. The average Bonchev–Trinajstić information content (AvgIpc) is 2.43. The van der Waals surface area contributed by atoms with Crippen LogP contribution in [0.15, 0.2) is 12.1 Å². The van der Waals surface area contributed by atoms with Gasteiger partial charge in [-0.05, 0) is 18.6 Å². The maximum absolute atomic E-state index is 12.7. The van der Waals surface area contributed by atoms with Crippen molar-refractivity contribution in [2.45, 2.75) is 19.5 Å². The molecule has 0 aromatic carbocycles. The number of nitrogens with zero attached hydrogens (tertiary/aromatic N) is 3. The molecule has 0 saturated carbocycles. The van der Waals surface area contributed by atoms with Crippen molar-refractivity contribution in [3.8, 4) is 6.07 Å². The van der Waals surface area contributed by atoms with Gasteiger partial charge in [-0.3, -0.25) is 4.79 Å². The average molecular weight is 300 g/mol. The Kier molecular flexibility index (Phi) is 5.52. The standard InChI is InChI=1S/C13H15F3N4O/c1-3-6-18-11(21)8-20(2)12-9(7-17)4-5-10(19-12)13(14,15)16/h4-5H,3,6,8H2,1-2H3,(H,18,21). The molecule has 0 unspecified atom stereocenters. The Morgan fingerprint density at radius 2 is 2.14 bits per heavy atom. The number of pyridine rings is 1. The lowest BCUT2D eigenvalue weighted by Crippen LogP contribution is -2.36. The van der Waals surface area contributed by atoms with Crippen LogP contribution < -0.4 is 10.2 Å². The fraction of sp³-hybridized carbons (Fsp3) is 0.462. The largest absolute Gasteiger partial charge is 0.433 e. The molecule has 1 aromatic heterocycles. The van der Waals surface area contributed by atoms with E-state index < -0.39 is 11.9 Å². The van der Waals surface area contributed by atoms with Gasteiger partial charge in [0, 0.05) is 13.6 Å². The number of rotatable bonds is 5. The lowest BCUT2D eigenvalue weighted by Gasteiger charge is -2.20. The number of carbonyl (C=O) groups excluding carboxylic acids is 1. The second kappa shape index (κ2) is 6.92. The number of amides is 1. The summed E-state index contributed by atoms with van der Waals surface area (Å²) >= 11 is 0. The van der Waals surface area contributed by atoms with Gasteiger partial charge in [0.25, 0.3) is 0 Å².